The number of hydrogen-bond donors (Lipinski definition) is 2. The van der Waals surface area contributed by atoms with E-state index in [-0.39, 0.29) is 29.0 Å². The third-order valence-corrected chi connectivity index (χ3v) is 4.78. The van der Waals surface area contributed by atoms with Crippen molar-refractivity contribution in [2.45, 2.75) is 0 Å². The minimum absolute atomic E-state index is 0. The maximum atomic E-state index is 11.4. The second-order valence-corrected chi connectivity index (χ2v) is 8.30. The van der Waals surface area contributed by atoms with Gasteiger partial charge >= 0.3 is 11.4 Å². The zero-order chi connectivity index (χ0) is 25.1. The third kappa shape index (κ3) is 5.75. The third-order valence-electron chi connectivity index (χ3n) is 4.78. The van der Waals surface area contributed by atoms with Crippen LogP contribution in [0, 0.1) is 0 Å². The number of aliphatic hydroxyl groups is 1. The molecule has 4 N–H and O–H groups in total. The van der Waals surface area contributed by atoms with E-state index in [1.807, 2.05) is 0 Å². The molecule has 188 valence electrons. The number of hydrogen-bond acceptors (Lipinski definition) is 8. The van der Waals surface area contributed by atoms with Gasteiger partial charge in [-0.25, -0.2) is 24.5 Å². The highest BCUT2D eigenvalue weighted by molar-refractivity contribution is 5.68. The maximum Gasteiger partial charge on any atom is 0.332 e. The fourth-order valence-corrected chi connectivity index (χ4v) is 2.79. The van der Waals surface area contributed by atoms with Crippen molar-refractivity contribution >= 4 is 11.2 Å². The zero-order valence-corrected chi connectivity index (χ0v) is 20.2. The van der Waals surface area contributed by atoms with Gasteiger partial charge in [0.25, 0.3) is 5.56 Å². The summed E-state index contributed by atoms with van der Waals surface area (Å²) in [6.07, 6.45) is 2.66. The van der Waals surface area contributed by atoms with Gasteiger partial charge in [0.1, 0.15) is 24.1 Å². The second kappa shape index (κ2) is 10.9. The molecular weight excluding hydrogens is 450 g/mol. The summed E-state index contributed by atoms with van der Waals surface area (Å²) < 4.78 is 5.52. The van der Waals surface area contributed by atoms with Crippen LogP contribution in [0.2, 0.25) is 0 Å². The molecule has 34 heavy (non-hydrogen) atoms. The smallest absolute Gasteiger partial charge is 0.332 e. The van der Waals surface area contributed by atoms with Gasteiger partial charge in [-0.3, -0.25) is 18.5 Å². The van der Waals surface area contributed by atoms with E-state index in [0.717, 1.165) is 20.2 Å². The Morgan fingerprint density at radius 1 is 0.941 bits per heavy atom. The lowest BCUT2D eigenvalue weighted by atomic mass is 10.4. The van der Waals surface area contributed by atoms with Crippen LogP contribution in [0.1, 0.15) is 0 Å². The predicted molar refractivity (Wildman–Crippen MR) is 122 cm³/mol. The number of H-pyrrole nitrogens is 1. The largest absolute Gasteiger partial charge is 0.858 e. The number of aromatic nitrogens is 8. The molecule has 2 aromatic heterocycles. The van der Waals surface area contributed by atoms with E-state index in [9.17, 15) is 19.5 Å². The van der Waals surface area contributed by atoms with Gasteiger partial charge in [0, 0.05) is 28.2 Å². The number of aryl methyl sites for hydroxylation is 1. The average molecular weight is 482 g/mol. The average Bonchev–Trinajstić information content (AvgIpc) is 3.43. The van der Waals surface area contributed by atoms with Crippen molar-refractivity contribution < 1.29 is 20.2 Å². The number of nitrogens with zero attached hydrogens (tertiary/aromatic N) is 8. The quantitative estimate of drug-likeness (QED) is 0.275. The van der Waals surface area contributed by atoms with E-state index in [2.05, 4.69) is 41.1 Å². The Bertz CT molecular complexity index is 1390. The zero-order valence-electron chi connectivity index (χ0n) is 20.2. The lowest BCUT2D eigenvalue weighted by molar-refractivity contribution is -0.870. The summed E-state index contributed by atoms with van der Waals surface area (Å²) in [6.45, 7) is 1.11. The summed E-state index contributed by atoms with van der Waals surface area (Å²) >= 11 is 0. The summed E-state index contributed by atoms with van der Waals surface area (Å²) in [5.74, 6) is -0.0799. The van der Waals surface area contributed by atoms with Gasteiger partial charge in [-0.15, -0.1) is 0 Å². The molecule has 0 aliphatic carbocycles. The first kappa shape index (κ1) is 28.2. The lowest BCUT2D eigenvalue weighted by Crippen LogP contribution is -2.36. The van der Waals surface area contributed by atoms with Crippen LogP contribution in [0.3, 0.4) is 0 Å². The summed E-state index contributed by atoms with van der Waals surface area (Å²) in [7, 11) is 12.1. The van der Waals surface area contributed by atoms with Crippen molar-refractivity contribution in [1.82, 2.24) is 38.2 Å². The summed E-state index contributed by atoms with van der Waals surface area (Å²) in [4.78, 5) is 48.3. The summed E-state index contributed by atoms with van der Waals surface area (Å²) in [5.41, 5.74) is -0.152. The van der Waals surface area contributed by atoms with Crippen molar-refractivity contribution in [2.75, 3.05) is 34.3 Å². The van der Waals surface area contributed by atoms with Crippen LogP contribution in [-0.4, -0.2) is 87.6 Å². The molecular formula is C19H31N9O6. The lowest BCUT2D eigenvalue weighted by Gasteiger charge is -2.21. The molecule has 0 bridgehead atoms. The van der Waals surface area contributed by atoms with Crippen molar-refractivity contribution in [3.05, 3.63) is 44.0 Å². The molecule has 15 nitrogen and oxygen atoms in total. The SMILES string of the molecule is C[N+](C)(C)CCO.Cn1c(=O)c2[nH]cnc2n(C)c1=O.Cn1c2ncnc-2c([O-])n(C)c1=O.O. The van der Waals surface area contributed by atoms with Gasteiger partial charge in [0.05, 0.1) is 34.1 Å². The molecule has 2 aromatic rings. The molecule has 0 saturated heterocycles. The Morgan fingerprint density at radius 3 is 2.06 bits per heavy atom. The molecule has 2 aliphatic rings. The van der Waals surface area contributed by atoms with Gasteiger partial charge in [-0.2, -0.15) is 0 Å². The fraction of sp³-hybridized carbons (Fsp3) is 0.474. The molecule has 0 saturated carbocycles. The molecule has 0 spiro atoms. The van der Waals surface area contributed by atoms with E-state index in [4.69, 9.17) is 5.11 Å². The first-order chi connectivity index (χ1) is 15.3. The molecule has 0 radical (unpaired) electrons. The number of fused-ring (bicyclic) bond motifs is 2. The standard InChI is InChI=1S/2C7H8N4O2.C5H14NO.H2O/c2*1-10-5-4(8-3-9-5)6(12)11(2)7(10)13;1-6(2,3)4-5-7;/h3H,1-2H3,(H,8,9);3,12H,1-2H3;7H,4-5H2,1-3H3;1H2/q;;+1;/p-1. The normalized spacial score (nSPS) is 10.8. The van der Waals surface area contributed by atoms with Crippen LogP contribution in [0.4, 0.5) is 0 Å². The van der Waals surface area contributed by atoms with Crippen molar-refractivity contribution in [3.8, 4) is 17.4 Å². The van der Waals surface area contributed by atoms with E-state index in [1.165, 1.54) is 35.9 Å². The number of aliphatic hydroxyl groups excluding tert-OH is 1. The van der Waals surface area contributed by atoms with Gasteiger partial charge in [-0.05, 0) is 5.88 Å². The monoisotopic (exact) mass is 481 g/mol. The number of imidazole rings is 2. The summed E-state index contributed by atoms with van der Waals surface area (Å²) in [6, 6.07) is 0. The highest BCUT2D eigenvalue weighted by Gasteiger charge is 2.13. The number of nitrogens with one attached hydrogen (secondary N) is 1. The molecule has 0 fully saturated rings. The Balaban J connectivity index is 0.000000264. The highest BCUT2D eigenvalue weighted by Crippen LogP contribution is 2.20. The Hall–Kier alpha value is -3.82. The van der Waals surface area contributed by atoms with E-state index in [0.29, 0.717) is 17.0 Å². The number of quaternary nitrogens is 1. The first-order valence-electron chi connectivity index (χ1n) is 9.85. The number of rotatable bonds is 2. The van der Waals surface area contributed by atoms with Crippen LogP contribution in [-0.2, 0) is 28.2 Å². The molecule has 0 atom stereocenters. The molecule has 4 rings (SSSR count). The van der Waals surface area contributed by atoms with Crippen LogP contribution < -0.4 is 22.0 Å². The van der Waals surface area contributed by atoms with E-state index in [1.54, 1.807) is 14.1 Å². The Kier molecular flexibility index (Phi) is 9.02. The minimum atomic E-state index is -0.407. The van der Waals surface area contributed by atoms with Gasteiger partial charge in [-0.1, -0.05) is 0 Å². The maximum absolute atomic E-state index is 11.4. The molecule has 2 aliphatic heterocycles. The van der Waals surface area contributed by atoms with E-state index >= 15 is 0 Å². The Morgan fingerprint density at radius 2 is 1.53 bits per heavy atom. The first-order valence-corrected chi connectivity index (χ1v) is 9.85. The van der Waals surface area contributed by atoms with Gasteiger partial charge in [0.15, 0.2) is 11.5 Å². The Labute approximate surface area is 194 Å². The van der Waals surface area contributed by atoms with Crippen LogP contribution in [0.5, 0.6) is 5.88 Å². The van der Waals surface area contributed by atoms with Gasteiger partial charge in [0.2, 0.25) is 0 Å². The molecule has 15 heteroatoms. The molecule has 4 heterocycles. The second-order valence-electron chi connectivity index (χ2n) is 8.30. The highest BCUT2D eigenvalue weighted by atomic mass is 16.3. The molecule has 0 aromatic carbocycles. The molecule has 0 amide bonds. The van der Waals surface area contributed by atoms with Crippen LogP contribution in [0.15, 0.2) is 27.0 Å². The van der Waals surface area contributed by atoms with Crippen LogP contribution >= 0.6 is 0 Å². The number of aromatic amines is 1. The van der Waals surface area contributed by atoms with Crippen LogP contribution in [0.25, 0.3) is 22.7 Å². The van der Waals surface area contributed by atoms with Crippen molar-refractivity contribution in [3.63, 3.8) is 0 Å². The van der Waals surface area contributed by atoms with Crippen molar-refractivity contribution in [2.24, 2.45) is 28.2 Å². The number of likely N-dealkylation sites (N-methyl/N-ethyl adjacent to an activating group) is 1. The molecule has 0 unspecified atom stereocenters. The summed E-state index contributed by atoms with van der Waals surface area (Å²) in [5, 5.41) is 19.8. The fourth-order valence-electron chi connectivity index (χ4n) is 2.79. The van der Waals surface area contributed by atoms with Crippen molar-refractivity contribution in [1.29, 1.82) is 0 Å². The minimum Gasteiger partial charge on any atom is -0.858 e. The van der Waals surface area contributed by atoms with Gasteiger partial charge < -0.3 is 29.7 Å². The topological polar surface area (TPSA) is 200 Å². The van der Waals surface area contributed by atoms with E-state index < -0.39 is 11.6 Å². The predicted octanol–water partition coefficient (Wildman–Crippen LogP) is -3.49.